The largest absolute Gasteiger partial charge is 0.326 e. The lowest BCUT2D eigenvalue weighted by Crippen LogP contribution is -2.37. The van der Waals surface area contributed by atoms with Crippen LogP contribution in [0.1, 0.15) is 19.4 Å². The lowest BCUT2D eigenvalue weighted by Gasteiger charge is -2.16. The van der Waals surface area contributed by atoms with Gasteiger partial charge in [-0.1, -0.05) is 68.4 Å². The Morgan fingerprint density at radius 1 is 0.900 bits per heavy atom. The number of nitrogens with one attached hydrogen (secondary N) is 1. The van der Waals surface area contributed by atoms with Crippen molar-refractivity contribution >= 4 is 0 Å². The summed E-state index contributed by atoms with van der Waals surface area (Å²) in [5.41, 5.74) is 9.83. The Morgan fingerprint density at radius 2 is 1.50 bits per heavy atom. The second-order valence-electron chi connectivity index (χ2n) is 5.60. The normalized spacial score (nSPS) is 12.6. The van der Waals surface area contributed by atoms with E-state index in [9.17, 15) is 0 Å². The van der Waals surface area contributed by atoms with E-state index in [1.54, 1.807) is 0 Å². The van der Waals surface area contributed by atoms with Crippen LogP contribution in [0.25, 0.3) is 11.1 Å². The first-order chi connectivity index (χ1) is 9.66. The van der Waals surface area contributed by atoms with Gasteiger partial charge in [-0.2, -0.15) is 0 Å². The molecule has 2 nitrogen and oxygen atoms in total. The molecule has 0 heterocycles. The van der Waals surface area contributed by atoms with E-state index in [1.165, 1.54) is 16.7 Å². The van der Waals surface area contributed by atoms with Gasteiger partial charge in [-0.05, 0) is 22.6 Å². The molecule has 1 unspecified atom stereocenters. The number of benzene rings is 2. The Hall–Kier alpha value is -1.64. The number of hydrogen-bond donors (Lipinski definition) is 2. The van der Waals surface area contributed by atoms with Crippen LogP contribution in [0.5, 0.6) is 0 Å². The minimum Gasteiger partial charge on any atom is -0.326 e. The maximum Gasteiger partial charge on any atom is 0.0206 e. The van der Waals surface area contributed by atoms with Crippen LogP contribution in [0, 0.1) is 5.92 Å². The van der Waals surface area contributed by atoms with Crippen LogP contribution in [0.3, 0.4) is 0 Å². The Morgan fingerprint density at radius 3 is 2.10 bits per heavy atom. The fraction of sp³-hybridized carbons (Fsp3) is 0.333. The van der Waals surface area contributed by atoms with Crippen molar-refractivity contribution in [3.63, 3.8) is 0 Å². The Labute approximate surface area is 122 Å². The molecule has 0 amide bonds. The maximum absolute atomic E-state index is 6.02. The fourth-order valence-electron chi connectivity index (χ4n) is 2.06. The maximum atomic E-state index is 6.02. The minimum atomic E-state index is 0.221. The number of rotatable bonds is 6. The molecule has 1 atom stereocenters. The molecule has 0 aliphatic rings. The molecular weight excluding hydrogens is 244 g/mol. The Bertz CT molecular complexity index is 503. The third-order valence-corrected chi connectivity index (χ3v) is 3.63. The van der Waals surface area contributed by atoms with Gasteiger partial charge in [0.25, 0.3) is 0 Å². The summed E-state index contributed by atoms with van der Waals surface area (Å²) in [5.74, 6) is 0.517. The number of nitrogens with two attached hydrogens (primary N) is 1. The first kappa shape index (κ1) is 14.8. The van der Waals surface area contributed by atoms with E-state index in [1.807, 2.05) is 6.07 Å². The molecule has 0 saturated heterocycles. The van der Waals surface area contributed by atoms with Gasteiger partial charge in [-0.3, -0.25) is 0 Å². The van der Waals surface area contributed by atoms with Gasteiger partial charge in [0.1, 0.15) is 0 Å². The van der Waals surface area contributed by atoms with Gasteiger partial charge < -0.3 is 11.1 Å². The molecule has 0 bridgehead atoms. The van der Waals surface area contributed by atoms with Crippen LogP contribution in [0.2, 0.25) is 0 Å². The van der Waals surface area contributed by atoms with Crippen molar-refractivity contribution in [2.75, 3.05) is 6.54 Å². The first-order valence-corrected chi connectivity index (χ1v) is 7.27. The van der Waals surface area contributed by atoms with Crippen LogP contribution in [0.15, 0.2) is 54.6 Å². The topological polar surface area (TPSA) is 38.0 Å². The van der Waals surface area contributed by atoms with Crippen LogP contribution >= 0.6 is 0 Å². The van der Waals surface area contributed by atoms with Gasteiger partial charge in [0.15, 0.2) is 0 Å². The summed E-state index contributed by atoms with van der Waals surface area (Å²) < 4.78 is 0. The highest BCUT2D eigenvalue weighted by atomic mass is 14.9. The van der Waals surface area contributed by atoms with E-state index in [0.717, 1.165) is 13.1 Å². The van der Waals surface area contributed by atoms with Crippen molar-refractivity contribution in [3.05, 3.63) is 60.2 Å². The molecular formula is C18H24N2. The van der Waals surface area contributed by atoms with Crippen LogP contribution in [-0.2, 0) is 6.54 Å². The summed E-state index contributed by atoms with van der Waals surface area (Å²) in [5, 5.41) is 3.42. The predicted molar refractivity (Wildman–Crippen MR) is 86.4 cm³/mol. The molecule has 2 aromatic carbocycles. The third kappa shape index (κ3) is 4.19. The summed E-state index contributed by atoms with van der Waals surface area (Å²) in [4.78, 5) is 0. The molecule has 20 heavy (non-hydrogen) atoms. The lowest BCUT2D eigenvalue weighted by molar-refractivity contribution is 0.458. The van der Waals surface area contributed by atoms with Gasteiger partial charge in [-0.25, -0.2) is 0 Å². The van der Waals surface area contributed by atoms with Gasteiger partial charge >= 0.3 is 0 Å². The van der Waals surface area contributed by atoms with E-state index in [-0.39, 0.29) is 6.04 Å². The Kier molecular flexibility index (Phi) is 5.33. The molecule has 0 radical (unpaired) electrons. The molecule has 2 rings (SSSR count). The van der Waals surface area contributed by atoms with Gasteiger partial charge in [0, 0.05) is 19.1 Å². The monoisotopic (exact) mass is 268 g/mol. The molecule has 2 aromatic rings. The van der Waals surface area contributed by atoms with Gasteiger partial charge in [0.05, 0.1) is 0 Å². The van der Waals surface area contributed by atoms with Crippen molar-refractivity contribution in [1.82, 2.24) is 5.32 Å². The van der Waals surface area contributed by atoms with E-state index >= 15 is 0 Å². The fourth-order valence-corrected chi connectivity index (χ4v) is 2.06. The molecule has 0 aliphatic carbocycles. The minimum absolute atomic E-state index is 0.221. The van der Waals surface area contributed by atoms with Gasteiger partial charge in [-0.15, -0.1) is 0 Å². The van der Waals surface area contributed by atoms with Crippen molar-refractivity contribution in [2.45, 2.75) is 26.4 Å². The molecule has 3 N–H and O–H groups in total. The zero-order chi connectivity index (χ0) is 14.4. The zero-order valence-corrected chi connectivity index (χ0v) is 12.3. The third-order valence-electron chi connectivity index (χ3n) is 3.63. The second kappa shape index (κ2) is 7.22. The molecule has 0 fully saturated rings. The van der Waals surface area contributed by atoms with E-state index < -0.39 is 0 Å². The molecule has 0 aromatic heterocycles. The number of hydrogen-bond acceptors (Lipinski definition) is 2. The van der Waals surface area contributed by atoms with E-state index in [2.05, 4.69) is 67.7 Å². The standard InChI is InChI=1S/C18H24N2/c1-14(2)18(19)13-20-12-15-8-10-17(11-9-15)16-6-4-3-5-7-16/h3-11,14,18,20H,12-13,19H2,1-2H3. The SMILES string of the molecule is CC(C)C(N)CNCc1ccc(-c2ccccc2)cc1. The zero-order valence-electron chi connectivity index (χ0n) is 12.3. The quantitative estimate of drug-likeness (QED) is 0.842. The van der Waals surface area contributed by atoms with E-state index in [0.29, 0.717) is 5.92 Å². The average molecular weight is 268 g/mol. The van der Waals surface area contributed by atoms with E-state index in [4.69, 9.17) is 5.73 Å². The molecule has 0 spiro atoms. The average Bonchev–Trinajstić information content (AvgIpc) is 2.48. The summed E-state index contributed by atoms with van der Waals surface area (Å²) in [6.07, 6.45) is 0. The van der Waals surface area contributed by atoms with Crippen LogP contribution in [-0.4, -0.2) is 12.6 Å². The van der Waals surface area contributed by atoms with Crippen LogP contribution < -0.4 is 11.1 Å². The van der Waals surface area contributed by atoms with Crippen LogP contribution in [0.4, 0.5) is 0 Å². The molecule has 0 aliphatic heterocycles. The molecule has 0 saturated carbocycles. The predicted octanol–water partition coefficient (Wildman–Crippen LogP) is 3.43. The summed E-state index contributed by atoms with van der Waals surface area (Å²) in [7, 11) is 0. The second-order valence-corrected chi connectivity index (χ2v) is 5.60. The molecule has 106 valence electrons. The first-order valence-electron chi connectivity index (χ1n) is 7.27. The van der Waals surface area contributed by atoms with Gasteiger partial charge in [0.2, 0.25) is 0 Å². The highest BCUT2D eigenvalue weighted by Crippen LogP contribution is 2.19. The Balaban J connectivity index is 1.89. The highest BCUT2D eigenvalue weighted by Gasteiger charge is 2.06. The summed E-state index contributed by atoms with van der Waals surface area (Å²) in [6.45, 7) is 6.04. The van der Waals surface area contributed by atoms with Crippen molar-refractivity contribution < 1.29 is 0 Å². The highest BCUT2D eigenvalue weighted by molar-refractivity contribution is 5.63. The molecule has 2 heteroatoms. The smallest absolute Gasteiger partial charge is 0.0206 e. The lowest BCUT2D eigenvalue weighted by atomic mass is 10.0. The summed E-state index contributed by atoms with van der Waals surface area (Å²) >= 11 is 0. The van der Waals surface area contributed by atoms with Crippen molar-refractivity contribution in [3.8, 4) is 11.1 Å². The van der Waals surface area contributed by atoms with Crippen molar-refractivity contribution in [1.29, 1.82) is 0 Å². The van der Waals surface area contributed by atoms with Crippen molar-refractivity contribution in [2.24, 2.45) is 11.7 Å². The summed E-state index contributed by atoms with van der Waals surface area (Å²) in [6, 6.07) is 19.4.